The molecule has 2 N–H and O–H groups in total. The van der Waals surface area contributed by atoms with E-state index in [1.165, 1.54) is 24.3 Å². The first kappa shape index (κ1) is 11.7. The van der Waals surface area contributed by atoms with Gasteiger partial charge in [-0.05, 0) is 31.2 Å². The molecule has 3 nitrogen and oxygen atoms in total. The maximum absolute atomic E-state index is 12.6. The predicted octanol–water partition coefficient (Wildman–Crippen LogP) is 1.24. The molecule has 0 heterocycles. The van der Waals surface area contributed by atoms with E-state index in [0.717, 1.165) is 0 Å². The van der Waals surface area contributed by atoms with E-state index in [0.29, 0.717) is 12.1 Å². The van der Waals surface area contributed by atoms with Gasteiger partial charge in [0.25, 0.3) is 5.91 Å². The fourth-order valence-corrected chi connectivity index (χ4v) is 1.15. The van der Waals surface area contributed by atoms with E-state index in [9.17, 15) is 9.18 Å². The van der Waals surface area contributed by atoms with E-state index in [1.54, 1.807) is 11.9 Å². The molecule has 4 heteroatoms. The summed E-state index contributed by atoms with van der Waals surface area (Å²) < 4.78 is 12.6. The van der Waals surface area contributed by atoms with Crippen molar-refractivity contribution in [3.63, 3.8) is 0 Å². The molecule has 0 fully saturated rings. The maximum Gasteiger partial charge on any atom is 0.253 e. The van der Waals surface area contributed by atoms with Crippen LogP contribution >= 0.6 is 0 Å². The number of nitrogens with two attached hydrogens (primary N) is 1. The Hall–Kier alpha value is -1.42. The number of likely N-dealkylation sites (N-methyl/N-ethyl adjacent to an activating group) is 1. The fourth-order valence-electron chi connectivity index (χ4n) is 1.15. The molecular formula is C11H15FN2O. The van der Waals surface area contributed by atoms with Crippen molar-refractivity contribution in [1.29, 1.82) is 0 Å². The molecule has 1 atom stereocenters. The summed E-state index contributed by atoms with van der Waals surface area (Å²) in [6, 6.07) is 5.46. The van der Waals surface area contributed by atoms with Gasteiger partial charge in [-0.1, -0.05) is 0 Å². The summed E-state index contributed by atoms with van der Waals surface area (Å²) in [7, 11) is 1.68. The molecule has 0 spiro atoms. The molecule has 0 saturated heterocycles. The van der Waals surface area contributed by atoms with Crippen LogP contribution in [0.1, 0.15) is 17.3 Å². The van der Waals surface area contributed by atoms with Crippen LogP contribution in [0.3, 0.4) is 0 Å². The van der Waals surface area contributed by atoms with Crippen LogP contribution in [-0.4, -0.2) is 30.4 Å². The SMILES string of the molecule is CC(CN)N(C)C(=O)c1ccc(F)cc1. The quantitative estimate of drug-likeness (QED) is 0.816. The summed E-state index contributed by atoms with van der Waals surface area (Å²) in [4.78, 5) is 13.4. The van der Waals surface area contributed by atoms with Crippen LogP contribution in [0.4, 0.5) is 4.39 Å². The van der Waals surface area contributed by atoms with Crippen LogP contribution in [0.15, 0.2) is 24.3 Å². The van der Waals surface area contributed by atoms with Gasteiger partial charge in [0, 0.05) is 25.2 Å². The minimum atomic E-state index is -0.346. The second-order valence-corrected chi connectivity index (χ2v) is 3.51. The number of hydrogen-bond acceptors (Lipinski definition) is 2. The van der Waals surface area contributed by atoms with Gasteiger partial charge in [0.2, 0.25) is 0 Å². The Kier molecular flexibility index (Phi) is 3.80. The van der Waals surface area contributed by atoms with Crippen LogP contribution < -0.4 is 5.73 Å². The Labute approximate surface area is 88.7 Å². The third-order valence-electron chi connectivity index (χ3n) is 2.41. The first-order chi connectivity index (χ1) is 7.06. The molecule has 1 aromatic carbocycles. The van der Waals surface area contributed by atoms with Crippen molar-refractivity contribution in [2.45, 2.75) is 13.0 Å². The molecule has 0 aliphatic heterocycles. The van der Waals surface area contributed by atoms with Gasteiger partial charge < -0.3 is 10.6 Å². The highest BCUT2D eigenvalue weighted by molar-refractivity contribution is 5.94. The zero-order chi connectivity index (χ0) is 11.4. The van der Waals surface area contributed by atoms with Crippen LogP contribution in [0.5, 0.6) is 0 Å². The van der Waals surface area contributed by atoms with E-state index in [2.05, 4.69) is 0 Å². The standard InChI is InChI=1S/C11H15FN2O/c1-8(7-13)14(2)11(15)9-3-5-10(12)6-4-9/h3-6,8H,7,13H2,1-2H3. The normalized spacial score (nSPS) is 12.3. The van der Waals surface area contributed by atoms with Gasteiger partial charge in [-0.2, -0.15) is 0 Å². The van der Waals surface area contributed by atoms with Crippen molar-refractivity contribution in [3.05, 3.63) is 35.6 Å². The van der Waals surface area contributed by atoms with Gasteiger partial charge in [0.1, 0.15) is 5.82 Å². The molecule has 82 valence electrons. The van der Waals surface area contributed by atoms with Crippen molar-refractivity contribution in [1.82, 2.24) is 4.90 Å². The van der Waals surface area contributed by atoms with Gasteiger partial charge >= 0.3 is 0 Å². The number of benzene rings is 1. The highest BCUT2D eigenvalue weighted by Gasteiger charge is 2.15. The van der Waals surface area contributed by atoms with Gasteiger partial charge in [0.15, 0.2) is 0 Å². The lowest BCUT2D eigenvalue weighted by Gasteiger charge is -2.23. The molecule has 15 heavy (non-hydrogen) atoms. The first-order valence-corrected chi connectivity index (χ1v) is 4.79. The molecule has 1 aromatic rings. The number of nitrogens with zero attached hydrogens (tertiary/aromatic N) is 1. The van der Waals surface area contributed by atoms with E-state index < -0.39 is 0 Å². The van der Waals surface area contributed by atoms with Crippen molar-refractivity contribution in [2.75, 3.05) is 13.6 Å². The molecule has 0 aliphatic carbocycles. The summed E-state index contributed by atoms with van der Waals surface area (Å²) in [5, 5.41) is 0. The lowest BCUT2D eigenvalue weighted by molar-refractivity contribution is 0.0748. The van der Waals surface area contributed by atoms with Gasteiger partial charge in [-0.25, -0.2) is 4.39 Å². The molecule has 0 bridgehead atoms. The highest BCUT2D eigenvalue weighted by Crippen LogP contribution is 2.07. The Morgan fingerprint density at radius 2 is 2.00 bits per heavy atom. The first-order valence-electron chi connectivity index (χ1n) is 4.79. The number of hydrogen-bond donors (Lipinski definition) is 1. The molecule has 0 radical (unpaired) electrons. The Morgan fingerprint density at radius 1 is 1.47 bits per heavy atom. The zero-order valence-electron chi connectivity index (χ0n) is 8.90. The zero-order valence-corrected chi connectivity index (χ0v) is 8.90. The monoisotopic (exact) mass is 210 g/mol. The third-order valence-corrected chi connectivity index (χ3v) is 2.41. The van der Waals surface area contributed by atoms with Crippen LogP contribution in [0, 0.1) is 5.82 Å². The summed E-state index contributed by atoms with van der Waals surface area (Å²) in [6.45, 7) is 2.27. The average molecular weight is 210 g/mol. The maximum atomic E-state index is 12.6. The molecule has 0 saturated carbocycles. The van der Waals surface area contributed by atoms with Crippen LogP contribution in [-0.2, 0) is 0 Å². The predicted molar refractivity (Wildman–Crippen MR) is 57.0 cm³/mol. The largest absolute Gasteiger partial charge is 0.338 e. The van der Waals surface area contributed by atoms with Crippen molar-refractivity contribution in [3.8, 4) is 0 Å². The fraction of sp³-hybridized carbons (Fsp3) is 0.364. The van der Waals surface area contributed by atoms with Crippen molar-refractivity contribution in [2.24, 2.45) is 5.73 Å². The average Bonchev–Trinajstić information content (AvgIpc) is 2.27. The summed E-state index contributed by atoms with van der Waals surface area (Å²) in [5.41, 5.74) is 5.93. The molecule has 1 rings (SSSR count). The second-order valence-electron chi connectivity index (χ2n) is 3.51. The minimum absolute atomic E-state index is 0.0254. The van der Waals surface area contributed by atoms with Gasteiger partial charge in [-0.3, -0.25) is 4.79 Å². The van der Waals surface area contributed by atoms with Crippen molar-refractivity contribution >= 4 is 5.91 Å². The second kappa shape index (κ2) is 4.89. The molecule has 1 amide bonds. The van der Waals surface area contributed by atoms with E-state index in [-0.39, 0.29) is 17.8 Å². The minimum Gasteiger partial charge on any atom is -0.338 e. The Bertz CT molecular complexity index is 337. The van der Waals surface area contributed by atoms with Gasteiger partial charge in [-0.15, -0.1) is 0 Å². The summed E-state index contributed by atoms with van der Waals surface area (Å²) in [6.07, 6.45) is 0. The third kappa shape index (κ3) is 2.76. The summed E-state index contributed by atoms with van der Waals surface area (Å²) in [5.74, 6) is -0.492. The molecule has 0 aromatic heterocycles. The number of carbonyl (C=O) groups excluding carboxylic acids is 1. The van der Waals surface area contributed by atoms with E-state index in [1.807, 2.05) is 6.92 Å². The van der Waals surface area contributed by atoms with Crippen LogP contribution in [0.25, 0.3) is 0 Å². The Balaban J connectivity index is 2.80. The summed E-state index contributed by atoms with van der Waals surface area (Å²) >= 11 is 0. The number of amides is 1. The number of carbonyl (C=O) groups is 1. The Morgan fingerprint density at radius 3 is 2.47 bits per heavy atom. The smallest absolute Gasteiger partial charge is 0.253 e. The van der Waals surface area contributed by atoms with Gasteiger partial charge in [0.05, 0.1) is 0 Å². The van der Waals surface area contributed by atoms with Crippen LogP contribution in [0.2, 0.25) is 0 Å². The number of rotatable bonds is 3. The lowest BCUT2D eigenvalue weighted by Crippen LogP contribution is -2.39. The number of halogens is 1. The molecule has 0 aliphatic rings. The molecule has 1 unspecified atom stereocenters. The topological polar surface area (TPSA) is 46.3 Å². The van der Waals surface area contributed by atoms with Crippen molar-refractivity contribution < 1.29 is 9.18 Å². The van der Waals surface area contributed by atoms with E-state index >= 15 is 0 Å². The highest BCUT2D eigenvalue weighted by atomic mass is 19.1. The lowest BCUT2D eigenvalue weighted by atomic mass is 10.2. The van der Waals surface area contributed by atoms with E-state index in [4.69, 9.17) is 5.73 Å². The molecular weight excluding hydrogens is 195 g/mol.